The van der Waals surface area contributed by atoms with Gasteiger partial charge in [0.2, 0.25) is 5.43 Å². The quantitative estimate of drug-likeness (QED) is 0.458. The summed E-state index contributed by atoms with van der Waals surface area (Å²) in [6, 6.07) is 8.47. The number of nitro benzene ring substituents is 1. The molecule has 9 nitrogen and oxygen atoms in total. The Bertz CT molecular complexity index is 1340. The molecule has 3 aromatic rings. The average Bonchev–Trinajstić information content (AvgIpc) is 3.66. The molecule has 2 aromatic carbocycles. The van der Waals surface area contributed by atoms with Crippen molar-refractivity contribution in [2.24, 2.45) is 0 Å². The molecule has 0 radical (unpaired) electrons. The van der Waals surface area contributed by atoms with Gasteiger partial charge in [-0.15, -0.1) is 0 Å². The van der Waals surface area contributed by atoms with E-state index in [0.717, 1.165) is 25.9 Å². The molecule has 2 aliphatic rings. The zero-order valence-electron chi connectivity index (χ0n) is 18.7. The minimum Gasteiger partial charge on any atom is -0.367 e. The lowest BCUT2D eigenvalue weighted by Gasteiger charge is -2.34. The van der Waals surface area contributed by atoms with Gasteiger partial charge in [0.05, 0.1) is 16.1 Å². The zero-order chi connectivity index (χ0) is 24.0. The first-order valence-corrected chi connectivity index (χ1v) is 11.2. The van der Waals surface area contributed by atoms with Crippen molar-refractivity contribution in [1.82, 2.24) is 9.47 Å². The van der Waals surface area contributed by atoms with Crippen molar-refractivity contribution in [1.29, 1.82) is 0 Å². The van der Waals surface area contributed by atoms with Gasteiger partial charge in [-0.25, -0.2) is 4.39 Å². The number of amides is 1. The predicted molar refractivity (Wildman–Crippen MR) is 127 cm³/mol. The number of benzene rings is 2. The molecule has 1 N–H and O–H groups in total. The van der Waals surface area contributed by atoms with Gasteiger partial charge < -0.3 is 19.7 Å². The number of likely N-dealkylation sites (N-methyl/N-ethyl adjacent to an activating group) is 1. The molecule has 1 saturated carbocycles. The largest absolute Gasteiger partial charge is 0.367 e. The number of non-ortho nitro benzene ring substituents is 1. The number of pyridine rings is 1. The predicted octanol–water partition coefficient (Wildman–Crippen LogP) is 3.39. The molecular weight excluding hydrogens is 441 g/mol. The van der Waals surface area contributed by atoms with Gasteiger partial charge in [0.15, 0.2) is 0 Å². The van der Waals surface area contributed by atoms with Crippen LogP contribution in [0.25, 0.3) is 10.9 Å². The molecule has 2 heterocycles. The van der Waals surface area contributed by atoms with Gasteiger partial charge >= 0.3 is 0 Å². The number of nitrogens with zero attached hydrogens (tertiary/aromatic N) is 4. The van der Waals surface area contributed by atoms with Crippen LogP contribution in [0.2, 0.25) is 0 Å². The number of hydrogen-bond acceptors (Lipinski definition) is 6. The van der Waals surface area contributed by atoms with Gasteiger partial charge in [-0.05, 0) is 44.2 Å². The summed E-state index contributed by atoms with van der Waals surface area (Å²) in [6.07, 6.45) is 3.39. The third-order valence-electron chi connectivity index (χ3n) is 6.47. The maximum Gasteiger partial charge on any atom is 0.269 e. The lowest BCUT2D eigenvalue weighted by atomic mass is 10.1. The third-order valence-corrected chi connectivity index (χ3v) is 6.47. The van der Waals surface area contributed by atoms with Crippen LogP contribution in [0.5, 0.6) is 0 Å². The molecule has 1 aliphatic carbocycles. The van der Waals surface area contributed by atoms with Crippen molar-refractivity contribution in [3.05, 3.63) is 74.3 Å². The summed E-state index contributed by atoms with van der Waals surface area (Å²) in [4.78, 5) is 40.7. The topological polar surface area (TPSA) is 101 Å². The number of hydrogen-bond donors (Lipinski definition) is 1. The lowest BCUT2D eigenvalue weighted by molar-refractivity contribution is -0.384. The van der Waals surface area contributed by atoms with E-state index < -0.39 is 22.1 Å². The molecule has 1 saturated heterocycles. The number of nitro groups is 1. The molecule has 176 valence electrons. The first kappa shape index (κ1) is 22.0. The molecular formula is C24H24FN5O4. The standard InChI is InChI=1S/C24H24FN5O4/c1-27-8-10-28(11-9-27)22-13-21-18(12-20(22)25)23(31)19(14-29(21)16-6-7-16)24(32)26-15-2-4-17(5-3-15)30(33)34/h2-5,12-14,16H,6-11H2,1H3,(H,26,32). The van der Waals surface area contributed by atoms with E-state index in [9.17, 15) is 19.7 Å². The Hall–Kier alpha value is -3.79. The van der Waals surface area contributed by atoms with Crippen LogP contribution in [0.15, 0.2) is 47.4 Å². The maximum absolute atomic E-state index is 15.2. The van der Waals surface area contributed by atoms with E-state index in [1.54, 1.807) is 12.3 Å². The monoisotopic (exact) mass is 465 g/mol. The van der Waals surface area contributed by atoms with Crippen LogP contribution >= 0.6 is 0 Å². The third kappa shape index (κ3) is 4.12. The van der Waals surface area contributed by atoms with E-state index >= 15 is 4.39 Å². The number of halogens is 1. The normalized spacial score (nSPS) is 16.6. The highest BCUT2D eigenvalue weighted by atomic mass is 19.1. The Balaban J connectivity index is 1.53. The molecule has 34 heavy (non-hydrogen) atoms. The number of piperazine rings is 1. The smallest absolute Gasteiger partial charge is 0.269 e. The molecule has 0 unspecified atom stereocenters. The lowest BCUT2D eigenvalue weighted by Crippen LogP contribution is -2.44. The summed E-state index contributed by atoms with van der Waals surface area (Å²) in [7, 11) is 2.03. The van der Waals surface area contributed by atoms with Crippen LogP contribution in [-0.4, -0.2) is 53.5 Å². The fourth-order valence-electron chi connectivity index (χ4n) is 4.33. The molecule has 0 bridgehead atoms. The molecule has 1 aromatic heterocycles. The fourth-order valence-corrected chi connectivity index (χ4v) is 4.33. The fraction of sp³-hybridized carbons (Fsp3) is 0.333. The highest BCUT2D eigenvalue weighted by Crippen LogP contribution is 2.38. The Kier molecular flexibility index (Phi) is 5.52. The van der Waals surface area contributed by atoms with Crippen molar-refractivity contribution in [2.45, 2.75) is 18.9 Å². The van der Waals surface area contributed by atoms with Crippen molar-refractivity contribution >= 4 is 33.9 Å². The number of anilines is 2. The van der Waals surface area contributed by atoms with E-state index in [2.05, 4.69) is 10.2 Å². The summed E-state index contributed by atoms with van der Waals surface area (Å²) < 4.78 is 17.1. The van der Waals surface area contributed by atoms with Crippen LogP contribution in [-0.2, 0) is 0 Å². The summed E-state index contributed by atoms with van der Waals surface area (Å²) in [5, 5.41) is 13.6. The van der Waals surface area contributed by atoms with E-state index in [1.807, 2.05) is 16.5 Å². The van der Waals surface area contributed by atoms with Crippen molar-refractivity contribution < 1.29 is 14.1 Å². The van der Waals surface area contributed by atoms with Gasteiger partial charge in [-0.2, -0.15) is 0 Å². The molecule has 5 rings (SSSR count). The molecule has 1 aliphatic heterocycles. The summed E-state index contributed by atoms with van der Waals surface area (Å²) in [6.45, 7) is 3.05. The number of carbonyl (C=O) groups excluding carboxylic acids is 1. The summed E-state index contributed by atoms with van der Waals surface area (Å²) in [5.41, 5.74) is 0.669. The zero-order valence-corrected chi connectivity index (χ0v) is 18.7. The van der Waals surface area contributed by atoms with Crippen LogP contribution in [0, 0.1) is 15.9 Å². The Labute approximate surface area is 194 Å². The average molecular weight is 465 g/mol. The second kappa shape index (κ2) is 8.53. The van der Waals surface area contributed by atoms with E-state index in [4.69, 9.17) is 0 Å². The SMILES string of the molecule is CN1CCN(c2cc3c(cc2F)c(=O)c(C(=O)Nc2ccc([N+](=O)[O-])cc2)cn3C2CC2)CC1. The molecule has 0 atom stereocenters. The first-order valence-electron chi connectivity index (χ1n) is 11.2. The van der Waals surface area contributed by atoms with Gasteiger partial charge in [0.25, 0.3) is 11.6 Å². The van der Waals surface area contributed by atoms with Crippen molar-refractivity contribution in [3.8, 4) is 0 Å². The van der Waals surface area contributed by atoms with Crippen molar-refractivity contribution in [2.75, 3.05) is 43.4 Å². The Morgan fingerprint density at radius 1 is 1.12 bits per heavy atom. The highest BCUT2D eigenvalue weighted by molar-refractivity contribution is 6.06. The Morgan fingerprint density at radius 3 is 2.41 bits per heavy atom. The number of rotatable bonds is 5. The number of fused-ring (bicyclic) bond motifs is 1. The molecule has 0 spiro atoms. The van der Waals surface area contributed by atoms with E-state index in [-0.39, 0.29) is 22.7 Å². The highest BCUT2D eigenvalue weighted by Gasteiger charge is 2.28. The van der Waals surface area contributed by atoms with E-state index in [0.29, 0.717) is 30.0 Å². The summed E-state index contributed by atoms with van der Waals surface area (Å²) in [5.74, 6) is -1.12. The van der Waals surface area contributed by atoms with Crippen molar-refractivity contribution in [3.63, 3.8) is 0 Å². The number of aromatic nitrogens is 1. The van der Waals surface area contributed by atoms with Gasteiger partial charge in [-0.1, -0.05) is 0 Å². The second-order valence-corrected chi connectivity index (χ2v) is 8.88. The maximum atomic E-state index is 15.2. The Morgan fingerprint density at radius 2 is 1.79 bits per heavy atom. The van der Waals surface area contributed by atoms with Crippen LogP contribution in [0.1, 0.15) is 29.2 Å². The van der Waals surface area contributed by atoms with Crippen LogP contribution in [0.4, 0.5) is 21.5 Å². The summed E-state index contributed by atoms with van der Waals surface area (Å²) >= 11 is 0. The first-order chi connectivity index (χ1) is 16.3. The second-order valence-electron chi connectivity index (χ2n) is 8.88. The van der Waals surface area contributed by atoms with E-state index in [1.165, 1.54) is 30.3 Å². The minimum absolute atomic E-state index is 0.0931. The number of nitrogens with one attached hydrogen (secondary N) is 1. The van der Waals surface area contributed by atoms with Crippen LogP contribution in [0.3, 0.4) is 0 Å². The molecule has 10 heteroatoms. The van der Waals surface area contributed by atoms with Crippen LogP contribution < -0.4 is 15.6 Å². The minimum atomic E-state index is -0.640. The van der Waals surface area contributed by atoms with Gasteiger partial charge in [0.1, 0.15) is 11.4 Å². The van der Waals surface area contributed by atoms with Gasteiger partial charge in [0, 0.05) is 61.6 Å². The molecule has 2 fully saturated rings. The van der Waals surface area contributed by atoms with Gasteiger partial charge in [-0.3, -0.25) is 19.7 Å². The molecule has 1 amide bonds. The number of carbonyl (C=O) groups is 1.